The molecule has 158 valence electrons. The minimum atomic E-state index is -3.94. The number of hydrogen-bond acceptors (Lipinski definition) is 8. The van der Waals surface area contributed by atoms with E-state index < -0.39 is 26.1 Å². The second-order valence-corrected chi connectivity index (χ2v) is 9.24. The molecule has 0 saturated heterocycles. The molecule has 0 saturated carbocycles. The molecule has 0 spiro atoms. The van der Waals surface area contributed by atoms with Gasteiger partial charge in [0.05, 0.1) is 7.11 Å². The van der Waals surface area contributed by atoms with E-state index in [4.69, 9.17) is 5.14 Å². The molecule has 0 aromatic carbocycles. The maximum Gasteiger partial charge on any atom is 0.420 e. The fourth-order valence-electron chi connectivity index (χ4n) is 1.72. The van der Waals surface area contributed by atoms with Crippen molar-refractivity contribution in [3.63, 3.8) is 0 Å². The van der Waals surface area contributed by atoms with Gasteiger partial charge in [-0.05, 0) is 39.8 Å². The Labute approximate surface area is 163 Å². The SMILES string of the molecule is CC(C)n1ccc(S(N)(=O)=O)n1.COC(=O)NS(=O)(=O)c1ccn(C(C)C)n1. The molecule has 0 radical (unpaired) electrons. The number of amides is 1. The standard InChI is InChI=1S/C8H13N3O4S.C6H11N3O2S/c1-6(2)11-5-4-7(9-11)16(13,14)10-8(12)15-3;1-5(2)9-4-3-6(8-9)12(7,10)11/h4-6H,1-3H3,(H,10,12);3-5H,1-2H3,(H2,7,10,11). The van der Waals surface area contributed by atoms with Crippen molar-refractivity contribution in [2.75, 3.05) is 7.11 Å². The molecule has 2 rings (SSSR count). The summed E-state index contributed by atoms with van der Waals surface area (Å²) in [6.07, 6.45) is 2.07. The van der Waals surface area contributed by atoms with Gasteiger partial charge >= 0.3 is 6.09 Å². The van der Waals surface area contributed by atoms with Gasteiger partial charge in [0.15, 0.2) is 10.1 Å². The molecular weight excluding hydrogens is 412 g/mol. The van der Waals surface area contributed by atoms with E-state index in [1.165, 1.54) is 23.0 Å². The molecule has 3 N–H and O–H groups in total. The third-order valence-electron chi connectivity index (χ3n) is 3.20. The maximum absolute atomic E-state index is 11.5. The minimum Gasteiger partial charge on any atom is -0.452 e. The molecule has 2 aromatic heterocycles. The van der Waals surface area contributed by atoms with Crippen molar-refractivity contribution in [2.45, 2.75) is 49.8 Å². The van der Waals surface area contributed by atoms with Crippen molar-refractivity contribution in [1.29, 1.82) is 0 Å². The van der Waals surface area contributed by atoms with Crippen LogP contribution < -0.4 is 9.86 Å². The number of primary sulfonamides is 1. The quantitative estimate of drug-likeness (QED) is 0.687. The van der Waals surface area contributed by atoms with Gasteiger partial charge in [-0.15, -0.1) is 0 Å². The summed E-state index contributed by atoms with van der Waals surface area (Å²) in [5, 5.41) is 12.2. The number of carbonyl (C=O) groups excluding carboxylic acids is 1. The molecule has 12 nitrogen and oxygen atoms in total. The Kier molecular flexibility index (Phi) is 7.72. The Morgan fingerprint density at radius 1 is 1.00 bits per heavy atom. The van der Waals surface area contributed by atoms with E-state index in [2.05, 4.69) is 14.9 Å². The van der Waals surface area contributed by atoms with Gasteiger partial charge in [-0.25, -0.2) is 23.1 Å². The van der Waals surface area contributed by atoms with Gasteiger partial charge < -0.3 is 4.74 Å². The number of rotatable bonds is 5. The minimum absolute atomic E-state index is 0.0436. The molecule has 14 heteroatoms. The molecule has 0 fully saturated rings. The number of ether oxygens (including phenoxy) is 1. The lowest BCUT2D eigenvalue weighted by molar-refractivity contribution is 0.177. The molecule has 0 atom stereocenters. The lowest BCUT2D eigenvalue weighted by atomic mass is 10.4. The highest BCUT2D eigenvalue weighted by Gasteiger charge is 2.21. The summed E-state index contributed by atoms with van der Waals surface area (Å²) in [4.78, 5) is 10.8. The molecule has 28 heavy (non-hydrogen) atoms. The Balaban J connectivity index is 0.000000292. The monoisotopic (exact) mass is 436 g/mol. The van der Waals surface area contributed by atoms with E-state index in [0.29, 0.717) is 0 Å². The van der Waals surface area contributed by atoms with Crippen LogP contribution in [0.15, 0.2) is 34.6 Å². The average Bonchev–Trinajstić information content (AvgIpc) is 3.24. The molecule has 2 heterocycles. The summed E-state index contributed by atoms with van der Waals surface area (Å²) >= 11 is 0. The van der Waals surface area contributed by atoms with Crippen molar-refractivity contribution in [3.8, 4) is 0 Å². The number of aromatic nitrogens is 4. The number of nitrogens with one attached hydrogen (secondary N) is 1. The van der Waals surface area contributed by atoms with Gasteiger partial charge in [0.25, 0.3) is 20.0 Å². The van der Waals surface area contributed by atoms with Crippen molar-refractivity contribution in [2.24, 2.45) is 5.14 Å². The number of methoxy groups -OCH3 is 1. The van der Waals surface area contributed by atoms with E-state index in [-0.39, 0.29) is 22.1 Å². The summed E-state index contributed by atoms with van der Waals surface area (Å²) in [5.74, 6) is 0. The van der Waals surface area contributed by atoms with E-state index in [1.54, 1.807) is 15.6 Å². The highest BCUT2D eigenvalue weighted by atomic mass is 32.2. The van der Waals surface area contributed by atoms with Gasteiger partial charge in [-0.2, -0.15) is 18.6 Å². The van der Waals surface area contributed by atoms with E-state index >= 15 is 0 Å². The third-order valence-corrected chi connectivity index (χ3v) is 5.20. The smallest absolute Gasteiger partial charge is 0.420 e. The first-order chi connectivity index (χ1) is 12.8. The first-order valence-corrected chi connectivity index (χ1v) is 11.0. The van der Waals surface area contributed by atoms with Crippen LogP contribution in [-0.2, 0) is 24.8 Å². The highest BCUT2D eigenvalue weighted by molar-refractivity contribution is 7.90. The van der Waals surface area contributed by atoms with Crippen LogP contribution in [0, 0.1) is 0 Å². The lowest BCUT2D eigenvalue weighted by Crippen LogP contribution is -2.30. The van der Waals surface area contributed by atoms with Gasteiger partial charge in [0.2, 0.25) is 0 Å². The lowest BCUT2D eigenvalue weighted by Gasteiger charge is -2.04. The molecule has 0 aliphatic rings. The molecule has 0 bridgehead atoms. The van der Waals surface area contributed by atoms with E-state index in [1.807, 2.05) is 27.7 Å². The molecular formula is C14H24N6O6S2. The maximum atomic E-state index is 11.5. The summed E-state index contributed by atoms with van der Waals surface area (Å²) in [6, 6.07) is 2.88. The predicted octanol–water partition coefficient (Wildman–Crippen LogP) is 0.620. The molecule has 2 aromatic rings. The topological polar surface area (TPSA) is 168 Å². The Hall–Kier alpha value is -2.45. The first kappa shape index (κ1) is 23.6. The zero-order valence-corrected chi connectivity index (χ0v) is 17.7. The predicted molar refractivity (Wildman–Crippen MR) is 99.3 cm³/mol. The van der Waals surface area contributed by atoms with Crippen LogP contribution in [0.5, 0.6) is 0 Å². The zero-order chi connectivity index (χ0) is 21.7. The molecule has 0 aliphatic carbocycles. The number of nitrogens with zero attached hydrogens (tertiary/aromatic N) is 4. The van der Waals surface area contributed by atoms with E-state index in [9.17, 15) is 21.6 Å². The van der Waals surface area contributed by atoms with Crippen LogP contribution in [0.1, 0.15) is 39.8 Å². The second-order valence-electron chi connectivity index (χ2n) is 6.10. The number of hydrogen-bond donors (Lipinski definition) is 2. The zero-order valence-electron chi connectivity index (χ0n) is 16.1. The second kappa shape index (κ2) is 9.16. The summed E-state index contributed by atoms with van der Waals surface area (Å²) in [7, 11) is -6.51. The van der Waals surface area contributed by atoms with Crippen molar-refractivity contribution >= 4 is 26.1 Å². The van der Waals surface area contributed by atoms with Crippen LogP contribution in [0.3, 0.4) is 0 Å². The fourth-order valence-corrected chi connectivity index (χ4v) is 3.02. The summed E-state index contributed by atoms with van der Waals surface area (Å²) < 4.78 is 53.6. The summed E-state index contributed by atoms with van der Waals surface area (Å²) in [6.45, 7) is 7.52. The number of nitrogens with two attached hydrogens (primary N) is 1. The van der Waals surface area contributed by atoms with E-state index in [0.717, 1.165) is 7.11 Å². The van der Waals surface area contributed by atoms with Crippen LogP contribution >= 0.6 is 0 Å². The van der Waals surface area contributed by atoms with Crippen LogP contribution in [0.2, 0.25) is 0 Å². The van der Waals surface area contributed by atoms with Gasteiger partial charge in [-0.3, -0.25) is 9.36 Å². The molecule has 1 amide bonds. The highest BCUT2D eigenvalue weighted by Crippen LogP contribution is 2.09. The van der Waals surface area contributed by atoms with Crippen LogP contribution in [-0.4, -0.2) is 49.6 Å². The van der Waals surface area contributed by atoms with Crippen molar-refractivity contribution in [3.05, 3.63) is 24.5 Å². The Bertz CT molecular complexity index is 1010. The largest absolute Gasteiger partial charge is 0.452 e. The number of carbonyl (C=O) groups is 1. The average molecular weight is 437 g/mol. The van der Waals surface area contributed by atoms with Crippen LogP contribution in [0.4, 0.5) is 4.79 Å². The molecule has 0 unspecified atom stereocenters. The van der Waals surface area contributed by atoms with Gasteiger partial charge in [0.1, 0.15) is 0 Å². The van der Waals surface area contributed by atoms with Gasteiger partial charge in [0, 0.05) is 24.5 Å². The Morgan fingerprint density at radius 3 is 1.75 bits per heavy atom. The van der Waals surface area contributed by atoms with Crippen LogP contribution in [0.25, 0.3) is 0 Å². The number of sulfonamides is 2. The first-order valence-electron chi connectivity index (χ1n) is 8.01. The molecule has 0 aliphatic heterocycles. The van der Waals surface area contributed by atoms with Crippen molar-refractivity contribution < 1.29 is 26.4 Å². The van der Waals surface area contributed by atoms with Crippen molar-refractivity contribution in [1.82, 2.24) is 24.3 Å². The third kappa shape index (κ3) is 6.61. The van der Waals surface area contributed by atoms with Gasteiger partial charge in [-0.1, -0.05) is 0 Å². The Morgan fingerprint density at radius 2 is 1.43 bits per heavy atom. The summed E-state index contributed by atoms with van der Waals surface area (Å²) in [5.41, 5.74) is 0. The fraction of sp³-hybridized carbons (Fsp3) is 0.500. The normalized spacial score (nSPS) is 11.9.